The fourth-order valence-electron chi connectivity index (χ4n) is 2.28. The van der Waals surface area contributed by atoms with Crippen LogP contribution in [-0.2, 0) is 13.1 Å². The van der Waals surface area contributed by atoms with E-state index >= 15 is 0 Å². The quantitative estimate of drug-likeness (QED) is 0.784. The van der Waals surface area contributed by atoms with E-state index in [9.17, 15) is 4.39 Å². The lowest BCUT2D eigenvalue weighted by Crippen LogP contribution is -2.02. The molecule has 0 aliphatic carbocycles. The van der Waals surface area contributed by atoms with Gasteiger partial charge in [0.25, 0.3) is 0 Å². The van der Waals surface area contributed by atoms with Gasteiger partial charge in [0, 0.05) is 25.5 Å². The molecule has 4 nitrogen and oxygen atoms in total. The van der Waals surface area contributed by atoms with Crippen molar-refractivity contribution in [2.75, 3.05) is 5.32 Å². The highest BCUT2D eigenvalue weighted by atomic mass is 19.1. The summed E-state index contributed by atoms with van der Waals surface area (Å²) in [5.41, 5.74) is 2.95. The molecule has 2 aromatic carbocycles. The van der Waals surface area contributed by atoms with Gasteiger partial charge < -0.3 is 9.88 Å². The molecular formula is C18H15FN4. The number of imidazole rings is 1. The minimum absolute atomic E-state index is 0.317. The number of nitriles is 1. The molecule has 0 radical (unpaired) electrons. The Balaban J connectivity index is 1.61. The van der Waals surface area contributed by atoms with E-state index in [0.29, 0.717) is 17.8 Å². The highest BCUT2D eigenvalue weighted by Crippen LogP contribution is 2.16. The van der Waals surface area contributed by atoms with E-state index in [1.54, 1.807) is 24.7 Å². The Bertz CT molecular complexity index is 817. The lowest BCUT2D eigenvalue weighted by Gasteiger charge is -2.09. The highest BCUT2D eigenvalue weighted by molar-refractivity contribution is 5.49. The van der Waals surface area contributed by atoms with Crippen molar-refractivity contribution in [1.82, 2.24) is 9.55 Å². The second-order valence-electron chi connectivity index (χ2n) is 5.21. The molecule has 3 aromatic rings. The molecule has 1 N–H and O–H groups in total. The maximum atomic E-state index is 13.8. The molecule has 0 bridgehead atoms. The van der Waals surface area contributed by atoms with E-state index < -0.39 is 5.82 Å². The molecule has 114 valence electrons. The Kier molecular flexibility index (Phi) is 4.34. The normalized spacial score (nSPS) is 10.3. The van der Waals surface area contributed by atoms with Crippen molar-refractivity contribution in [2.45, 2.75) is 13.1 Å². The summed E-state index contributed by atoms with van der Waals surface area (Å²) in [6, 6.07) is 14.5. The molecule has 0 unspecified atom stereocenters. The number of rotatable bonds is 5. The van der Waals surface area contributed by atoms with Gasteiger partial charge in [-0.05, 0) is 29.3 Å². The van der Waals surface area contributed by atoms with Crippen LogP contribution in [0.4, 0.5) is 10.1 Å². The second-order valence-corrected chi connectivity index (χ2v) is 5.21. The van der Waals surface area contributed by atoms with Crippen LogP contribution in [0.1, 0.15) is 16.7 Å². The third-order valence-electron chi connectivity index (χ3n) is 3.53. The first-order valence-corrected chi connectivity index (χ1v) is 7.22. The Morgan fingerprint density at radius 2 is 1.91 bits per heavy atom. The van der Waals surface area contributed by atoms with Crippen LogP contribution < -0.4 is 5.32 Å². The van der Waals surface area contributed by atoms with Crippen LogP contribution in [0.2, 0.25) is 0 Å². The van der Waals surface area contributed by atoms with Gasteiger partial charge >= 0.3 is 0 Å². The van der Waals surface area contributed by atoms with Gasteiger partial charge in [-0.2, -0.15) is 5.26 Å². The fourth-order valence-corrected chi connectivity index (χ4v) is 2.28. The first-order valence-electron chi connectivity index (χ1n) is 7.22. The summed E-state index contributed by atoms with van der Waals surface area (Å²) in [6.45, 7) is 1.30. The van der Waals surface area contributed by atoms with Gasteiger partial charge in [0.1, 0.15) is 5.82 Å². The van der Waals surface area contributed by atoms with Crippen molar-refractivity contribution in [3.8, 4) is 6.07 Å². The standard InChI is InChI=1S/C18H15FN4/c19-17-9-16(10-20)5-6-18(17)22-11-14-1-3-15(4-2-14)12-23-8-7-21-13-23/h1-9,13,22H,11-12H2. The first-order chi connectivity index (χ1) is 11.2. The van der Waals surface area contributed by atoms with Gasteiger partial charge in [-0.25, -0.2) is 9.37 Å². The number of hydrogen-bond donors (Lipinski definition) is 1. The molecule has 23 heavy (non-hydrogen) atoms. The van der Waals surface area contributed by atoms with E-state index in [4.69, 9.17) is 5.26 Å². The average Bonchev–Trinajstić information content (AvgIpc) is 3.08. The van der Waals surface area contributed by atoms with E-state index in [1.807, 2.05) is 41.1 Å². The molecule has 3 rings (SSSR count). The van der Waals surface area contributed by atoms with Gasteiger partial charge in [-0.3, -0.25) is 0 Å². The maximum absolute atomic E-state index is 13.8. The van der Waals surface area contributed by atoms with Crippen LogP contribution in [0.15, 0.2) is 61.2 Å². The zero-order valence-corrected chi connectivity index (χ0v) is 12.4. The van der Waals surface area contributed by atoms with Crippen molar-refractivity contribution in [3.05, 3.63) is 83.7 Å². The molecule has 1 heterocycles. The van der Waals surface area contributed by atoms with Crippen LogP contribution >= 0.6 is 0 Å². The second kappa shape index (κ2) is 6.75. The predicted molar refractivity (Wildman–Crippen MR) is 86.2 cm³/mol. The summed E-state index contributed by atoms with van der Waals surface area (Å²) in [5, 5.41) is 11.8. The minimum Gasteiger partial charge on any atom is -0.379 e. The van der Waals surface area contributed by atoms with E-state index in [-0.39, 0.29) is 0 Å². The summed E-state index contributed by atoms with van der Waals surface area (Å²) in [6.07, 6.45) is 5.46. The molecule has 0 saturated heterocycles. The number of benzene rings is 2. The largest absolute Gasteiger partial charge is 0.379 e. The number of nitrogens with one attached hydrogen (secondary N) is 1. The Hall–Kier alpha value is -3.13. The maximum Gasteiger partial charge on any atom is 0.147 e. The zero-order chi connectivity index (χ0) is 16.1. The summed E-state index contributed by atoms with van der Waals surface area (Å²) in [5.74, 6) is -0.416. The Morgan fingerprint density at radius 1 is 1.13 bits per heavy atom. The van der Waals surface area contributed by atoms with Crippen LogP contribution in [0, 0.1) is 17.1 Å². The Morgan fingerprint density at radius 3 is 2.57 bits per heavy atom. The minimum atomic E-state index is -0.416. The van der Waals surface area contributed by atoms with Gasteiger partial charge in [0.2, 0.25) is 0 Å². The van der Waals surface area contributed by atoms with Crippen LogP contribution in [0.25, 0.3) is 0 Å². The topological polar surface area (TPSA) is 53.6 Å². The fraction of sp³-hybridized carbons (Fsp3) is 0.111. The summed E-state index contributed by atoms with van der Waals surface area (Å²) >= 11 is 0. The average molecular weight is 306 g/mol. The van der Waals surface area contributed by atoms with Gasteiger partial charge in [-0.15, -0.1) is 0 Å². The highest BCUT2D eigenvalue weighted by Gasteiger charge is 2.03. The monoisotopic (exact) mass is 306 g/mol. The van der Waals surface area contributed by atoms with Crippen LogP contribution in [-0.4, -0.2) is 9.55 Å². The van der Waals surface area contributed by atoms with Gasteiger partial charge in [0.15, 0.2) is 0 Å². The molecule has 0 aliphatic rings. The number of nitrogens with zero attached hydrogens (tertiary/aromatic N) is 3. The zero-order valence-electron chi connectivity index (χ0n) is 12.4. The molecule has 0 amide bonds. The summed E-state index contributed by atoms with van der Waals surface area (Å²) in [7, 11) is 0. The van der Waals surface area contributed by atoms with Crippen LogP contribution in [0.5, 0.6) is 0 Å². The van der Waals surface area contributed by atoms with Gasteiger partial charge in [0.05, 0.1) is 23.6 Å². The summed E-state index contributed by atoms with van der Waals surface area (Å²) < 4.78 is 15.8. The van der Waals surface area contributed by atoms with Crippen molar-refractivity contribution < 1.29 is 4.39 Å². The smallest absolute Gasteiger partial charge is 0.147 e. The first kappa shape index (κ1) is 14.8. The lowest BCUT2D eigenvalue weighted by atomic mass is 10.1. The van der Waals surface area contributed by atoms with E-state index in [0.717, 1.165) is 12.1 Å². The number of halogens is 1. The molecular weight excluding hydrogens is 291 g/mol. The van der Waals surface area contributed by atoms with Crippen molar-refractivity contribution in [2.24, 2.45) is 0 Å². The van der Waals surface area contributed by atoms with Crippen molar-refractivity contribution in [1.29, 1.82) is 5.26 Å². The molecule has 5 heteroatoms. The SMILES string of the molecule is N#Cc1ccc(NCc2ccc(Cn3ccnc3)cc2)c(F)c1. The van der Waals surface area contributed by atoms with E-state index in [2.05, 4.69) is 10.3 Å². The number of hydrogen-bond acceptors (Lipinski definition) is 3. The third-order valence-corrected chi connectivity index (χ3v) is 3.53. The molecule has 0 fully saturated rings. The Labute approximate surface area is 133 Å². The molecule has 0 atom stereocenters. The van der Waals surface area contributed by atoms with Crippen LogP contribution in [0.3, 0.4) is 0 Å². The molecule has 0 saturated carbocycles. The number of anilines is 1. The molecule has 0 aliphatic heterocycles. The van der Waals surface area contributed by atoms with E-state index in [1.165, 1.54) is 11.6 Å². The van der Waals surface area contributed by atoms with Crippen molar-refractivity contribution >= 4 is 5.69 Å². The lowest BCUT2D eigenvalue weighted by molar-refractivity contribution is 0.629. The molecule has 1 aromatic heterocycles. The number of aromatic nitrogens is 2. The van der Waals surface area contributed by atoms with Crippen molar-refractivity contribution in [3.63, 3.8) is 0 Å². The van der Waals surface area contributed by atoms with Gasteiger partial charge in [-0.1, -0.05) is 24.3 Å². The third kappa shape index (κ3) is 3.74. The molecule has 0 spiro atoms. The predicted octanol–water partition coefficient (Wildman–Crippen LogP) is 3.55. The summed E-state index contributed by atoms with van der Waals surface area (Å²) in [4.78, 5) is 4.02.